The van der Waals surface area contributed by atoms with Crippen LogP contribution < -0.4 is 4.90 Å². The number of anilines is 1. The Balaban J connectivity index is 0.00000181. The number of nitrogens with zero attached hydrogens (tertiary/aromatic N) is 4. The summed E-state index contributed by atoms with van der Waals surface area (Å²) < 4.78 is 7.15. The molecular weight excluding hydrogens is 447 g/mol. The minimum atomic E-state index is -0.189. The van der Waals surface area contributed by atoms with Crippen molar-refractivity contribution in [2.45, 2.75) is 26.8 Å². The molecule has 1 aromatic carbocycles. The third-order valence-electron chi connectivity index (χ3n) is 5.74. The fourth-order valence-corrected chi connectivity index (χ4v) is 4.18. The lowest BCUT2D eigenvalue weighted by Gasteiger charge is -2.35. The first-order valence-corrected chi connectivity index (χ1v) is 10.8. The Morgan fingerprint density at radius 2 is 1.78 bits per heavy atom. The second-order valence-electron chi connectivity index (χ2n) is 7.82. The summed E-state index contributed by atoms with van der Waals surface area (Å²) in [7, 11) is 0. The fraction of sp³-hybridized carbons (Fsp3) is 0.417. The molecule has 0 aliphatic carbocycles. The van der Waals surface area contributed by atoms with Crippen molar-refractivity contribution < 1.29 is 9.53 Å². The van der Waals surface area contributed by atoms with Gasteiger partial charge in [-0.25, -0.2) is 4.98 Å². The molecule has 1 saturated heterocycles. The Labute approximate surface area is 202 Å². The topological polar surface area (TPSA) is 50.6 Å². The maximum Gasteiger partial charge on any atom is 0.325 e. The van der Waals surface area contributed by atoms with Gasteiger partial charge in [0.15, 0.2) is 0 Å². The molecule has 4 rings (SSSR count). The number of halogens is 2. The van der Waals surface area contributed by atoms with Gasteiger partial charge in [0.1, 0.15) is 12.4 Å². The van der Waals surface area contributed by atoms with Crippen molar-refractivity contribution in [3.8, 4) is 0 Å². The summed E-state index contributed by atoms with van der Waals surface area (Å²) in [5, 5.41) is 1.23. The van der Waals surface area contributed by atoms with Gasteiger partial charge >= 0.3 is 5.97 Å². The minimum absolute atomic E-state index is 0. The summed E-state index contributed by atoms with van der Waals surface area (Å²) in [5.74, 6) is 0.891. The molecule has 6 nitrogen and oxygen atoms in total. The highest BCUT2D eigenvalue weighted by molar-refractivity contribution is 5.86. The summed E-state index contributed by atoms with van der Waals surface area (Å²) in [5.41, 5.74) is 3.45. The molecule has 2 aromatic heterocycles. The van der Waals surface area contributed by atoms with E-state index >= 15 is 0 Å². The van der Waals surface area contributed by atoms with E-state index in [0.717, 1.165) is 56.2 Å². The molecule has 0 spiro atoms. The number of para-hydroxylation sites is 1. The lowest BCUT2D eigenvalue weighted by atomic mass is 10.1. The van der Waals surface area contributed by atoms with Gasteiger partial charge in [0.05, 0.1) is 6.61 Å². The Morgan fingerprint density at radius 1 is 1.03 bits per heavy atom. The number of carbonyl (C=O) groups is 1. The average molecular weight is 479 g/mol. The van der Waals surface area contributed by atoms with Crippen molar-refractivity contribution in [2.24, 2.45) is 0 Å². The van der Waals surface area contributed by atoms with E-state index in [9.17, 15) is 4.79 Å². The summed E-state index contributed by atoms with van der Waals surface area (Å²) in [6.07, 6.45) is 3.09. The predicted molar refractivity (Wildman–Crippen MR) is 134 cm³/mol. The van der Waals surface area contributed by atoms with E-state index in [4.69, 9.17) is 4.74 Å². The molecule has 3 aromatic rings. The molecule has 8 heteroatoms. The Hall–Kier alpha value is -2.28. The Morgan fingerprint density at radius 3 is 2.50 bits per heavy atom. The Kier molecular flexibility index (Phi) is 9.82. The minimum Gasteiger partial charge on any atom is -0.465 e. The first-order chi connectivity index (χ1) is 14.6. The number of aromatic nitrogens is 2. The molecule has 3 heterocycles. The van der Waals surface area contributed by atoms with Crippen LogP contribution in [0.1, 0.15) is 18.2 Å². The molecule has 0 unspecified atom stereocenters. The van der Waals surface area contributed by atoms with Gasteiger partial charge in [-0.15, -0.1) is 24.8 Å². The van der Waals surface area contributed by atoms with Gasteiger partial charge in [-0.1, -0.05) is 24.3 Å². The number of benzene rings is 1. The summed E-state index contributed by atoms with van der Waals surface area (Å²) >= 11 is 0. The number of rotatable bonds is 7. The van der Waals surface area contributed by atoms with Crippen molar-refractivity contribution in [2.75, 3.05) is 44.2 Å². The van der Waals surface area contributed by atoms with E-state index in [0.29, 0.717) is 6.61 Å². The summed E-state index contributed by atoms with van der Waals surface area (Å²) in [6, 6.07) is 14.5. The standard InChI is InChI=1S/C24H30N4O2.2ClH/c1-3-30-24(29)18-28-17-20(21-8-4-5-9-22(21)28)11-12-26-13-15-27(16-14-26)23-10-6-7-19(2)25-23;;/h4-10,17H,3,11-16,18H2,1-2H3;2*1H. The highest BCUT2D eigenvalue weighted by Crippen LogP contribution is 2.23. The first-order valence-electron chi connectivity index (χ1n) is 10.8. The average Bonchev–Trinajstić information content (AvgIpc) is 3.10. The molecule has 174 valence electrons. The second-order valence-corrected chi connectivity index (χ2v) is 7.82. The van der Waals surface area contributed by atoms with Crippen LogP contribution in [-0.2, 0) is 22.5 Å². The van der Waals surface area contributed by atoms with Gasteiger partial charge in [0, 0.05) is 55.5 Å². The molecule has 1 fully saturated rings. The van der Waals surface area contributed by atoms with Crippen molar-refractivity contribution in [1.29, 1.82) is 0 Å². The highest BCUT2D eigenvalue weighted by Gasteiger charge is 2.19. The van der Waals surface area contributed by atoms with Crippen molar-refractivity contribution >= 4 is 47.5 Å². The van der Waals surface area contributed by atoms with Crippen LogP contribution in [0.3, 0.4) is 0 Å². The van der Waals surface area contributed by atoms with Gasteiger partial charge < -0.3 is 14.2 Å². The van der Waals surface area contributed by atoms with Crippen molar-refractivity contribution in [1.82, 2.24) is 14.5 Å². The van der Waals surface area contributed by atoms with Gasteiger partial charge in [-0.05, 0) is 44.0 Å². The van der Waals surface area contributed by atoms with Gasteiger partial charge in [-0.3, -0.25) is 9.69 Å². The van der Waals surface area contributed by atoms with Crippen LogP contribution in [0.2, 0.25) is 0 Å². The van der Waals surface area contributed by atoms with Crippen LogP contribution in [0.4, 0.5) is 5.82 Å². The van der Waals surface area contributed by atoms with Gasteiger partial charge in [0.25, 0.3) is 0 Å². The number of piperazine rings is 1. The molecule has 1 aliphatic heterocycles. The number of hydrogen-bond acceptors (Lipinski definition) is 5. The van der Waals surface area contributed by atoms with Gasteiger partial charge in [-0.2, -0.15) is 0 Å². The first kappa shape index (κ1) is 26.0. The molecule has 0 atom stereocenters. The van der Waals surface area contributed by atoms with Crippen LogP contribution in [0, 0.1) is 6.92 Å². The smallest absolute Gasteiger partial charge is 0.325 e. The molecule has 0 radical (unpaired) electrons. The molecule has 0 saturated carbocycles. The van der Waals surface area contributed by atoms with E-state index in [1.807, 2.05) is 30.5 Å². The quantitative estimate of drug-likeness (QED) is 0.478. The number of aryl methyl sites for hydroxylation is 1. The Bertz CT molecular complexity index is 1020. The predicted octanol–water partition coefficient (Wildman–Crippen LogP) is 4.12. The van der Waals surface area contributed by atoms with Crippen molar-refractivity contribution in [3.05, 3.63) is 59.9 Å². The number of carbonyl (C=O) groups excluding carboxylic acids is 1. The zero-order valence-corrected chi connectivity index (χ0v) is 20.3. The lowest BCUT2D eigenvalue weighted by Crippen LogP contribution is -2.47. The normalized spacial score (nSPS) is 14.0. The number of esters is 1. The third-order valence-corrected chi connectivity index (χ3v) is 5.74. The monoisotopic (exact) mass is 478 g/mol. The molecule has 0 amide bonds. The zero-order chi connectivity index (χ0) is 20.9. The number of hydrogen-bond donors (Lipinski definition) is 0. The molecule has 0 N–H and O–H groups in total. The fourth-order valence-electron chi connectivity index (χ4n) is 4.18. The number of pyridine rings is 1. The van der Waals surface area contributed by atoms with E-state index in [2.05, 4.69) is 51.3 Å². The van der Waals surface area contributed by atoms with E-state index in [-0.39, 0.29) is 37.3 Å². The molecule has 32 heavy (non-hydrogen) atoms. The van der Waals surface area contributed by atoms with E-state index in [1.54, 1.807) is 0 Å². The molecule has 0 bridgehead atoms. The zero-order valence-electron chi connectivity index (χ0n) is 18.7. The van der Waals surface area contributed by atoms with Crippen LogP contribution in [0.15, 0.2) is 48.7 Å². The van der Waals surface area contributed by atoms with E-state index < -0.39 is 0 Å². The van der Waals surface area contributed by atoms with Gasteiger partial charge in [0.2, 0.25) is 0 Å². The molecule has 1 aliphatic rings. The highest BCUT2D eigenvalue weighted by atomic mass is 35.5. The maximum absolute atomic E-state index is 12.0. The summed E-state index contributed by atoms with van der Waals surface area (Å²) in [6.45, 7) is 9.65. The SMILES string of the molecule is CCOC(=O)Cn1cc(CCN2CCN(c3cccc(C)n3)CC2)c2ccccc21.Cl.Cl. The third kappa shape index (κ3) is 6.15. The molecular formula is C24H32Cl2N4O2. The van der Waals surface area contributed by atoms with Crippen LogP contribution in [0.25, 0.3) is 10.9 Å². The maximum atomic E-state index is 12.0. The number of fused-ring (bicyclic) bond motifs is 1. The lowest BCUT2D eigenvalue weighted by molar-refractivity contribution is -0.143. The second kappa shape index (κ2) is 12.1. The van der Waals surface area contributed by atoms with Crippen molar-refractivity contribution in [3.63, 3.8) is 0 Å². The van der Waals surface area contributed by atoms with Crippen LogP contribution in [-0.4, -0.2) is 59.8 Å². The van der Waals surface area contributed by atoms with Crippen LogP contribution in [0.5, 0.6) is 0 Å². The number of ether oxygens (including phenoxy) is 1. The largest absolute Gasteiger partial charge is 0.465 e. The van der Waals surface area contributed by atoms with E-state index in [1.165, 1.54) is 10.9 Å². The summed E-state index contributed by atoms with van der Waals surface area (Å²) in [4.78, 5) is 21.5. The van der Waals surface area contributed by atoms with Crippen LogP contribution >= 0.6 is 24.8 Å².